The first-order valence-electron chi connectivity index (χ1n) is 5.60. The smallest absolute Gasteiger partial charge is 0.355 e. The van der Waals surface area contributed by atoms with Crippen LogP contribution in [0.1, 0.15) is 20.8 Å². The maximum atomic E-state index is 11.7. The van der Waals surface area contributed by atoms with Crippen LogP contribution >= 0.6 is 0 Å². The number of carbonyl (C=O) groups excluding carboxylic acids is 1. The van der Waals surface area contributed by atoms with E-state index in [9.17, 15) is 4.79 Å². The van der Waals surface area contributed by atoms with Gasteiger partial charge in [-0.3, -0.25) is 0 Å². The fourth-order valence-corrected chi connectivity index (χ4v) is 1.59. The largest absolute Gasteiger partial charge is 0.525 e. The van der Waals surface area contributed by atoms with Gasteiger partial charge in [-0.15, -0.1) is 0 Å². The summed E-state index contributed by atoms with van der Waals surface area (Å²) >= 11 is 0. The van der Waals surface area contributed by atoms with E-state index < -0.39 is 11.8 Å². The molecule has 0 aromatic carbocycles. The molecule has 0 fully saturated rings. The van der Waals surface area contributed by atoms with E-state index in [1.54, 1.807) is 13.8 Å². The van der Waals surface area contributed by atoms with E-state index in [0.29, 0.717) is 30.3 Å². The molecule has 0 bridgehead atoms. The van der Waals surface area contributed by atoms with Crippen LogP contribution in [0.4, 0.5) is 0 Å². The molecule has 5 nitrogen and oxygen atoms in total. The molecule has 0 radical (unpaired) electrons. The van der Waals surface area contributed by atoms with Crippen molar-refractivity contribution in [2.75, 3.05) is 26.4 Å². The van der Waals surface area contributed by atoms with Crippen LogP contribution in [0, 0.1) is 0 Å². The SMILES string of the molecule is C=C(C)COCC(OCC)(OCC)C(=O)O[SiH3]. The second-order valence-corrected chi connectivity index (χ2v) is 3.97. The predicted molar refractivity (Wildman–Crippen MR) is 67.6 cm³/mol. The van der Waals surface area contributed by atoms with Gasteiger partial charge >= 0.3 is 5.97 Å². The van der Waals surface area contributed by atoms with Crippen LogP contribution in [0.3, 0.4) is 0 Å². The van der Waals surface area contributed by atoms with Crippen LogP contribution in [-0.4, -0.2) is 48.7 Å². The third-order valence-electron chi connectivity index (χ3n) is 1.89. The molecule has 0 aromatic rings. The van der Waals surface area contributed by atoms with Gasteiger partial charge in [0.2, 0.25) is 10.5 Å². The van der Waals surface area contributed by atoms with E-state index in [2.05, 4.69) is 6.58 Å². The molecule has 0 amide bonds. The lowest BCUT2D eigenvalue weighted by atomic mass is 10.3. The maximum Gasteiger partial charge on any atom is 0.355 e. The van der Waals surface area contributed by atoms with E-state index in [0.717, 1.165) is 5.57 Å². The molecule has 0 atom stereocenters. The summed E-state index contributed by atoms with van der Waals surface area (Å²) in [6.07, 6.45) is 0. The molecule has 0 aliphatic carbocycles. The highest BCUT2D eigenvalue weighted by Crippen LogP contribution is 2.16. The first kappa shape index (κ1) is 16.3. The number of hydrogen-bond donors (Lipinski definition) is 0. The molecule has 0 aromatic heterocycles. The molecule has 0 saturated heterocycles. The second-order valence-electron chi connectivity index (χ2n) is 3.56. The fraction of sp³-hybridized carbons (Fsp3) is 0.727. The van der Waals surface area contributed by atoms with Crippen molar-refractivity contribution in [3.63, 3.8) is 0 Å². The third kappa shape index (κ3) is 5.45. The van der Waals surface area contributed by atoms with E-state index in [1.807, 2.05) is 6.92 Å². The summed E-state index contributed by atoms with van der Waals surface area (Å²) in [6, 6.07) is 0. The molecule has 0 aliphatic heterocycles. The molecule has 0 rings (SSSR count). The molecule has 6 heteroatoms. The zero-order valence-corrected chi connectivity index (χ0v) is 13.1. The highest BCUT2D eigenvalue weighted by molar-refractivity contribution is 6.06. The Hall–Kier alpha value is -0.693. The van der Waals surface area contributed by atoms with Gasteiger partial charge in [0.05, 0.1) is 6.61 Å². The van der Waals surface area contributed by atoms with Crippen molar-refractivity contribution in [2.45, 2.75) is 26.6 Å². The molecule has 100 valence electrons. The van der Waals surface area contributed by atoms with Gasteiger partial charge in [-0.05, 0) is 20.8 Å². The summed E-state index contributed by atoms with van der Waals surface area (Å²) in [5, 5.41) is 0. The van der Waals surface area contributed by atoms with E-state index >= 15 is 0 Å². The van der Waals surface area contributed by atoms with Crippen molar-refractivity contribution in [2.24, 2.45) is 0 Å². The summed E-state index contributed by atoms with van der Waals surface area (Å²) in [5.41, 5.74) is 0.867. The lowest BCUT2D eigenvalue weighted by Gasteiger charge is -2.30. The normalized spacial score (nSPS) is 11.5. The van der Waals surface area contributed by atoms with Crippen LogP contribution in [0.15, 0.2) is 12.2 Å². The molecule has 0 unspecified atom stereocenters. The van der Waals surface area contributed by atoms with Gasteiger partial charge in [-0.2, -0.15) is 0 Å². The zero-order valence-electron chi connectivity index (χ0n) is 11.1. The quantitative estimate of drug-likeness (QED) is 0.337. The van der Waals surface area contributed by atoms with Crippen molar-refractivity contribution >= 4 is 16.5 Å². The highest BCUT2D eigenvalue weighted by Gasteiger charge is 2.42. The Bertz CT molecular complexity index is 248. The van der Waals surface area contributed by atoms with Gasteiger partial charge in [0.25, 0.3) is 5.79 Å². The van der Waals surface area contributed by atoms with Crippen molar-refractivity contribution in [1.82, 2.24) is 0 Å². The van der Waals surface area contributed by atoms with Crippen LogP contribution in [0.25, 0.3) is 0 Å². The summed E-state index contributed by atoms with van der Waals surface area (Å²) in [5.74, 6) is -1.98. The third-order valence-corrected chi connectivity index (χ3v) is 2.26. The van der Waals surface area contributed by atoms with Gasteiger partial charge in [-0.1, -0.05) is 12.2 Å². The zero-order chi connectivity index (χ0) is 13.3. The monoisotopic (exact) mass is 262 g/mol. The molecule has 0 heterocycles. The number of ether oxygens (including phenoxy) is 3. The summed E-state index contributed by atoms with van der Waals surface area (Å²) in [4.78, 5) is 11.7. The number of hydrogen-bond acceptors (Lipinski definition) is 5. The van der Waals surface area contributed by atoms with E-state index in [4.69, 9.17) is 18.6 Å². The number of rotatable bonds is 9. The second kappa shape index (κ2) is 8.41. The Morgan fingerprint density at radius 1 is 1.29 bits per heavy atom. The molecule has 0 N–H and O–H groups in total. The highest BCUT2D eigenvalue weighted by atomic mass is 28.2. The summed E-state index contributed by atoms with van der Waals surface area (Å²) in [6.45, 7) is 10.2. The van der Waals surface area contributed by atoms with Gasteiger partial charge < -0.3 is 18.6 Å². The maximum absolute atomic E-state index is 11.7. The number of carbonyl (C=O) groups is 1. The predicted octanol–water partition coefficient (Wildman–Crippen LogP) is 0.172. The standard InChI is InChI=1S/C11H22O5Si/c1-5-14-11(15-6-2,10(12)16-17)8-13-7-9(3)4/h3,5-8H2,1-2,4,17H3. The van der Waals surface area contributed by atoms with Gasteiger partial charge in [0.1, 0.15) is 6.61 Å². The van der Waals surface area contributed by atoms with E-state index in [1.165, 1.54) is 0 Å². The van der Waals surface area contributed by atoms with Crippen LogP contribution in [0.2, 0.25) is 0 Å². The van der Waals surface area contributed by atoms with Gasteiger partial charge in [-0.25, -0.2) is 4.79 Å². The molecule has 0 aliphatic rings. The molecular formula is C11H22O5Si. The van der Waals surface area contributed by atoms with Crippen LogP contribution in [0.5, 0.6) is 0 Å². The van der Waals surface area contributed by atoms with E-state index in [-0.39, 0.29) is 6.61 Å². The Morgan fingerprint density at radius 2 is 1.82 bits per heavy atom. The minimum absolute atomic E-state index is 0.00259. The van der Waals surface area contributed by atoms with Crippen molar-refractivity contribution in [3.8, 4) is 0 Å². The Morgan fingerprint density at radius 3 is 2.18 bits per heavy atom. The van der Waals surface area contributed by atoms with Gasteiger partial charge in [0, 0.05) is 13.2 Å². The lowest BCUT2D eigenvalue weighted by Crippen LogP contribution is -2.49. The summed E-state index contributed by atoms with van der Waals surface area (Å²) < 4.78 is 20.9. The Balaban J connectivity index is 4.64. The van der Waals surface area contributed by atoms with Crippen molar-refractivity contribution < 1.29 is 23.4 Å². The Kier molecular flexibility index (Phi) is 8.06. The average molecular weight is 262 g/mol. The lowest BCUT2D eigenvalue weighted by molar-refractivity contribution is -0.256. The summed E-state index contributed by atoms with van der Waals surface area (Å²) in [7, 11) is 0.291. The van der Waals surface area contributed by atoms with Crippen molar-refractivity contribution in [1.29, 1.82) is 0 Å². The topological polar surface area (TPSA) is 54.0 Å². The van der Waals surface area contributed by atoms with Crippen molar-refractivity contribution in [3.05, 3.63) is 12.2 Å². The molecule has 0 saturated carbocycles. The van der Waals surface area contributed by atoms with Crippen LogP contribution < -0.4 is 0 Å². The first-order chi connectivity index (χ1) is 8.02. The fourth-order valence-electron chi connectivity index (χ4n) is 1.28. The molecular weight excluding hydrogens is 240 g/mol. The Labute approximate surface area is 106 Å². The molecule has 17 heavy (non-hydrogen) atoms. The first-order valence-corrected chi connectivity index (χ1v) is 6.42. The molecule has 0 spiro atoms. The minimum Gasteiger partial charge on any atom is -0.525 e. The average Bonchev–Trinajstić information content (AvgIpc) is 2.27. The van der Waals surface area contributed by atoms with Crippen LogP contribution in [-0.2, 0) is 23.4 Å². The van der Waals surface area contributed by atoms with Gasteiger partial charge in [0.15, 0.2) is 0 Å². The minimum atomic E-state index is -1.44.